The lowest BCUT2D eigenvalue weighted by Gasteiger charge is -2.34. The smallest absolute Gasteiger partial charge is 0.334 e. The molecule has 1 aliphatic heterocycles. The molecule has 0 bridgehead atoms. The SMILES string of the molecule is C[C@]1(CO)C[C@@H]2[C@H](O)C3=C(C[C@](C)(O)[C@H]2C1)C(=O)OC3. The third-order valence-corrected chi connectivity index (χ3v) is 5.43. The minimum absolute atomic E-state index is 0.0458. The molecule has 0 aromatic rings. The molecule has 3 rings (SSSR count). The number of aliphatic hydroxyl groups excluding tert-OH is 2. The van der Waals surface area contributed by atoms with E-state index in [1.165, 1.54) is 0 Å². The van der Waals surface area contributed by atoms with Crippen molar-refractivity contribution in [1.29, 1.82) is 0 Å². The highest BCUT2D eigenvalue weighted by molar-refractivity contribution is 5.92. The summed E-state index contributed by atoms with van der Waals surface area (Å²) in [4.78, 5) is 11.8. The van der Waals surface area contributed by atoms with E-state index in [1.54, 1.807) is 6.92 Å². The molecule has 0 spiro atoms. The Bertz CT molecular complexity index is 481. The van der Waals surface area contributed by atoms with E-state index in [0.29, 0.717) is 24.0 Å². The molecule has 0 radical (unpaired) electrons. The number of hydrogen-bond donors (Lipinski definition) is 3. The van der Waals surface area contributed by atoms with Crippen molar-refractivity contribution in [1.82, 2.24) is 0 Å². The first-order valence-electron chi connectivity index (χ1n) is 7.18. The molecule has 2 aliphatic carbocycles. The van der Waals surface area contributed by atoms with Crippen molar-refractivity contribution in [2.75, 3.05) is 13.2 Å². The maximum atomic E-state index is 11.8. The number of ether oxygens (including phenoxy) is 1. The Kier molecular flexibility index (Phi) is 3.01. The summed E-state index contributed by atoms with van der Waals surface area (Å²) >= 11 is 0. The van der Waals surface area contributed by atoms with Crippen LogP contribution in [0.15, 0.2) is 11.1 Å². The molecule has 0 aromatic heterocycles. The van der Waals surface area contributed by atoms with E-state index >= 15 is 0 Å². The van der Waals surface area contributed by atoms with E-state index in [0.717, 1.165) is 0 Å². The highest BCUT2D eigenvalue weighted by Crippen LogP contribution is 2.55. The molecule has 1 fully saturated rings. The topological polar surface area (TPSA) is 87.0 Å². The molecule has 0 amide bonds. The zero-order valence-electron chi connectivity index (χ0n) is 11.9. The highest BCUT2D eigenvalue weighted by atomic mass is 16.5. The molecule has 5 heteroatoms. The number of carbonyl (C=O) groups excluding carboxylic acids is 1. The van der Waals surface area contributed by atoms with Gasteiger partial charge in [-0.05, 0) is 37.0 Å². The third-order valence-electron chi connectivity index (χ3n) is 5.43. The van der Waals surface area contributed by atoms with Gasteiger partial charge in [0.2, 0.25) is 0 Å². The summed E-state index contributed by atoms with van der Waals surface area (Å²) in [7, 11) is 0. The molecule has 0 aromatic carbocycles. The molecule has 1 saturated carbocycles. The third kappa shape index (κ3) is 1.91. The van der Waals surface area contributed by atoms with Crippen molar-refractivity contribution in [3.63, 3.8) is 0 Å². The molecule has 0 saturated heterocycles. The van der Waals surface area contributed by atoms with E-state index in [4.69, 9.17) is 4.74 Å². The quantitative estimate of drug-likeness (QED) is 0.605. The minimum atomic E-state index is -1.06. The second-order valence-electron chi connectivity index (χ2n) is 7.21. The predicted octanol–water partition coefficient (Wildman–Crippen LogP) is 0.380. The van der Waals surface area contributed by atoms with Crippen LogP contribution in [0.4, 0.5) is 0 Å². The standard InChI is InChI=1S/C15H22O5/c1-14(7-16)3-9-11(5-14)15(2,19)4-8-10(12(9)17)6-20-13(8)18/h9,11-12,16-17,19H,3-7H2,1-2H3/t9-,11-,12-,14-,15-/m0/s1. The molecule has 5 atom stereocenters. The van der Waals surface area contributed by atoms with Gasteiger partial charge in [0, 0.05) is 24.2 Å². The largest absolute Gasteiger partial charge is 0.458 e. The van der Waals surface area contributed by atoms with Crippen molar-refractivity contribution in [3.8, 4) is 0 Å². The molecule has 3 N–H and O–H groups in total. The fourth-order valence-corrected chi connectivity index (χ4v) is 4.26. The second-order valence-corrected chi connectivity index (χ2v) is 7.21. The Morgan fingerprint density at radius 3 is 2.70 bits per heavy atom. The molecule has 3 aliphatic rings. The van der Waals surface area contributed by atoms with Crippen molar-refractivity contribution < 1.29 is 24.9 Å². The number of aliphatic hydroxyl groups is 3. The van der Waals surface area contributed by atoms with Gasteiger partial charge in [-0.1, -0.05) is 6.92 Å². The van der Waals surface area contributed by atoms with Gasteiger partial charge in [0.05, 0.1) is 11.7 Å². The van der Waals surface area contributed by atoms with Gasteiger partial charge in [-0.2, -0.15) is 0 Å². The summed E-state index contributed by atoms with van der Waals surface area (Å²) in [5.74, 6) is -0.665. The molecule has 20 heavy (non-hydrogen) atoms. The fraction of sp³-hybridized carbons (Fsp3) is 0.800. The summed E-state index contributed by atoms with van der Waals surface area (Å²) in [6.07, 6.45) is 0.773. The van der Waals surface area contributed by atoms with Crippen LogP contribution in [0.2, 0.25) is 0 Å². The Labute approximate surface area is 118 Å². The van der Waals surface area contributed by atoms with Gasteiger partial charge in [0.25, 0.3) is 0 Å². The van der Waals surface area contributed by atoms with Crippen LogP contribution in [0.25, 0.3) is 0 Å². The van der Waals surface area contributed by atoms with Gasteiger partial charge in [-0.3, -0.25) is 0 Å². The van der Waals surface area contributed by atoms with Crippen LogP contribution >= 0.6 is 0 Å². The minimum Gasteiger partial charge on any atom is -0.458 e. The van der Waals surface area contributed by atoms with Crippen LogP contribution in [-0.2, 0) is 9.53 Å². The van der Waals surface area contributed by atoms with E-state index in [-0.39, 0.29) is 36.9 Å². The van der Waals surface area contributed by atoms with Crippen molar-refractivity contribution in [3.05, 3.63) is 11.1 Å². The Hall–Kier alpha value is -0.910. The Morgan fingerprint density at radius 2 is 2.05 bits per heavy atom. The number of cyclic esters (lactones) is 1. The summed E-state index contributed by atoms with van der Waals surface area (Å²) in [6, 6.07) is 0. The van der Waals surface area contributed by atoms with Gasteiger partial charge in [0.1, 0.15) is 6.61 Å². The summed E-state index contributed by atoms with van der Waals surface area (Å²) in [5.41, 5.74) is -0.256. The lowest BCUT2D eigenvalue weighted by Crippen LogP contribution is -2.39. The van der Waals surface area contributed by atoms with Crippen LogP contribution in [0.1, 0.15) is 33.1 Å². The number of fused-ring (bicyclic) bond motifs is 1. The van der Waals surface area contributed by atoms with Gasteiger partial charge in [0.15, 0.2) is 0 Å². The molecule has 0 unspecified atom stereocenters. The first kappa shape index (κ1) is 14.0. The zero-order chi connectivity index (χ0) is 14.7. The van der Waals surface area contributed by atoms with Gasteiger partial charge >= 0.3 is 5.97 Å². The first-order valence-corrected chi connectivity index (χ1v) is 7.18. The van der Waals surface area contributed by atoms with E-state index in [9.17, 15) is 20.1 Å². The van der Waals surface area contributed by atoms with E-state index in [2.05, 4.69) is 0 Å². The zero-order valence-corrected chi connectivity index (χ0v) is 11.9. The lowest BCUT2D eigenvalue weighted by molar-refractivity contribution is -0.137. The number of carbonyl (C=O) groups is 1. The Morgan fingerprint density at radius 1 is 1.35 bits per heavy atom. The van der Waals surface area contributed by atoms with Gasteiger partial charge in [-0.15, -0.1) is 0 Å². The highest BCUT2D eigenvalue weighted by Gasteiger charge is 2.55. The summed E-state index contributed by atoms with van der Waals surface area (Å²) in [5, 5.41) is 31.0. The molecule has 112 valence electrons. The molecule has 1 heterocycles. The predicted molar refractivity (Wildman–Crippen MR) is 70.6 cm³/mol. The number of rotatable bonds is 1. The Balaban J connectivity index is 2.01. The molecular formula is C15H22O5. The number of hydrogen-bond acceptors (Lipinski definition) is 5. The second kappa shape index (κ2) is 4.29. The van der Waals surface area contributed by atoms with Crippen LogP contribution in [0.5, 0.6) is 0 Å². The van der Waals surface area contributed by atoms with Crippen molar-refractivity contribution >= 4 is 5.97 Å². The van der Waals surface area contributed by atoms with E-state index < -0.39 is 17.7 Å². The summed E-state index contributed by atoms with van der Waals surface area (Å²) in [6.45, 7) is 3.88. The van der Waals surface area contributed by atoms with Crippen molar-refractivity contribution in [2.24, 2.45) is 17.3 Å². The normalized spacial score (nSPS) is 47.9. The van der Waals surface area contributed by atoms with Crippen LogP contribution < -0.4 is 0 Å². The van der Waals surface area contributed by atoms with Crippen LogP contribution in [0.3, 0.4) is 0 Å². The maximum Gasteiger partial charge on any atom is 0.334 e. The van der Waals surface area contributed by atoms with Gasteiger partial charge in [-0.25, -0.2) is 4.79 Å². The van der Waals surface area contributed by atoms with E-state index in [1.807, 2.05) is 6.92 Å². The fourth-order valence-electron chi connectivity index (χ4n) is 4.26. The first-order chi connectivity index (χ1) is 9.27. The lowest BCUT2D eigenvalue weighted by atomic mass is 9.78. The monoisotopic (exact) mass is 282 g/mol. The average Bonchev–Trinajstić information content (AvgIpc) is 2.90. The van der Waals surface area contributed by atoms with Gasteiger partial charge < -0.3 is 20.1 Å². The molecular weight excluding hydrogens is 260 g/mol. The summed E-state index contributed by atoms with van der Waals surface area (Å²) < 4.78 is 5.01. The van der Waals surface area contributed by atoms with Crippen molar-refractivity contribution in [2.45, 2.75) is 44.8 Å². The maximum absolute atomic E-state index is 11.8. The number of esters is 1. The van der Waals surface area contributed by atoms with Crippen LogP contribution in [-0.4, -0.2) is 46.2 Å². The average molecular weight is 282 g/mol. The van der Waals surface area contributed by atoms with Crippen LogP contribution in [0, 0.1) is 17.3 Å². The molecule has 5 nitrogen and oxygen atoms in total.